The van der Waals surface area contributed by atoms with E-state index in [4.69, 9.17) is 16.3 Å². The van der Waals surface area contributed by atoms with Gasteiger partial charge in [0, 0.05) is 38.2 Å². The van der Waals surface area contributed by atoms with Gasteiger partial charge < -0.3 is 10.1 Å². The number of hydrazone groups is 1. The van der Waals surface area contributed by atoms with Gasteiger partial charge in [0.25, 0.3) is 0 Å². The van der Waals surface area contributed by atoms with E-state index >= 15 is 0 Å². The zero-order valence-electron chi connectivity index (χ0n) is 13.7. The third kappa shape index (κ3) is 6.35. The maximum Gasteiger partial charge on any atom is 0.224 e. The molecule has 1 aromatic rings. The van der Waals surface area contributed by atoms with Crippen LogP contribution in [-0.2, 0) is 4.74 Å². The fraction of sp³-hybridized carbons (Fsp3) is 0.533. The second-order valence-corrected chi connectivity index (χ2v) is 6.53. The Kier molecular flexibility index (Phi) is 7.90. The number of morpholine rings is 1. The van der Waals surface area contributed by atoms with Crippen molar-refractivity contribution < 1.29 is 4.74 Å². The van der Waals surface area contributed by atoms with Crippen LogP contribution in [0.15, 0.2) is 28.5 Å². The number of nitrogens with one attached hydrogen (secondary N) is 1. The lowest BCUT2D eigenvalue weighted by Crippen LogP contribution is -2.39. The van der Waals surface area contributed by atoms with E-state index in [1.54, 1.807) is 12.4 Å². The predicted octanol–water partition coefficient (Wildman–Crippen LogP) is 2.46. The molecule has 1 aromatic heterocycles. The highest BCUT2D eigenvalue weighted by molar-refractivity contribution is 9.10. The average molecular weight is 418 g/mol. The molecular weight excluding hydrogens is 396 g/mol. The molecular formula is C15H22BrClN6O. The van der Waals surface area contributed by atoms with Crippen LogP contribution in [0.3, 0.4) is 0 Å². The van der Waals surface area contributed by atoms with Crippen LogP contribution < -0.4 is 5.32 Å². The van der Waals surface area contributed by atoms with Crippen molar-refractivity contribution in [3.05, 3.63) is 28.7 Å². The summed E-state index contributed by atoms with van der Waals surface area (Å²) in [6, 6.07) is -0.0295. The Morgan fingerprint density at radius 2 is 2.33 bits per heavy atom. The van der Waals surface area contributed by atoms with Crippen LogP contribution in [0.5, 0.6) is 0 Å². The molecule has 1 atom stereocenters. The summed E-state index contributed by atoms with van der Waals surface area (Å²) in [7, 11) is 0. The molecule has 1 aliphatic rings. The van der Waals surface area contributed by atoms with Gasteiger partial charge in [-0.2, -0.15) is 10.1 Å². The molecule has 0 saturated carbocycles. The van der Waals surface area contributed by atoms with Crippen LogP contribution in [0.1, 0.15) is 6.92 Å². The van der Waals surface area contributed by atoms with E-state index in [0.717, 1.165) is 43.9 Å². The maximum absolute atomic E-state index is 5.81. The number of nitrogens with zero attached hydrogens (tertiary/aromatic N) is 5. The summed E-state index contributed by atoms with van der Waals surface area (Å²) in [5, 5.41) is 9.70. The minimum Gasteiger partial charge on any atom is -0.379 e. The molecule has 0 aliphatic carbocycles. The molecule has 0 aromatic carbocycles. The molecule has 1 unspecified atom stereocenters. The van der Waals surface area contributed by atoms with Crippen molar-refractivity contribution in [1.82, 2.24) is 19.9 Å². The summed E-state index contributed by atoms with van der Waals surface area (Å²) in [5.41, 5.74) is 0. The normalized spacial score (nSPS) is 17.0. The van der Waals surface area contributed by atoms with Gasteiger partial charge in [-0.3, -0.25) is 9.91 Å². The monoisotopic (exact) mass is 416 g/mol. The van der Waals surface area contributed by atoms with Crippen LogP contribution in [0.4, 0.5) is 5.82 Å². The first-order valence-corrected chi connectivity index (χ1v) is 8.93. The Hall–Kier alpha value is -1.22. The lowest BCUT2D eigenvalue weighted by Gasteiger charge is -2.28. The van der Waals surface area contributed by atoms with E-state index in [-0.39, 0.29) is 11.3 Å². The highest BCUT2D eigenvalue weighted by Gasteiger charge is 2.11. The van der Waals surface area contributed by atoms with Crippen LogP contribution in [0.2, 0.25) is 5.28 Å². The summed E-state index contributed by atoms with van der Waals surface area (Å²) in [5.74, 6) is 0.632. The summed E-state index contributed by atoms with van der Waals surface area (Å²) in [4.78, 5) is 10.4. The molecule has 1 N–H and O–H groups in total. The molecule has 0 amide bonds. The summed E-state index contributed by atoms with van der Waals surface area (Å²) in [6.45, 7) is 11.1. The fourth-order valence-electron chi connectivity index (χ4n) is 2.15. The van der Waals surface area contributed by atoms with Crippen molar-refractivity contribution in [1.29, 1.82) is 0 Å². The number of hydrogen-bond acceptors (Lipinski definition) is 7. The number of anilines is 1. The van der Waals surface area contributed by atoms with E-state index in [0.29, 0.717) is 5.82 Å². The first kappa shape index (κ1) is 19.1. The third-order valence-corrected chi connectivity index (χ3v) is 4.24. The zero-order chi connectivity index (χ0) is 17.4. The Morgan fingerprint density at radius 1 is 1.58 bits per heavy atom. The molecule has 0 radical (unpaired) electrons. The van der Waals surface area contributed by atoms with Gasteiger partial charge in [0.2, 0.25) is 5.28 Å². The van der Waals surface area contributed by atoms with Gasteiger partial charge in [0.05, 0.1) is 30.3 Å². The molecule has 132 valence electrons. The van der Waals surface area contributed by atoms with Crippen LogP contribution in [0, 0.1) is 0 Å². The van der Waals surface area contributed by atoms with E-state index in [1.165, 1.54) is 0 Å². The van der Waals surface area contributed by atoms with Gasteiger partial charge in [-0.1, -0.05) is 6.58 Å². The summed E-state index contributed by atoms with van der Waals surface area (Å²) >= 11 is 9.20. The van der Waals surface area contributed by atoms with Gasteiger partial charge >= 0.3 is 0 Å². The van der Waals surface area contributed by atoms with Crippen molar-refractivity contribution in [2.75, 3.05) is 44.7 Å². The Labute approximate surface area is 155 Å². The quantitative estimate of drug-likeness (QED) is 0.398. The van der Waals surface area contributed by atoms with Crippen molar-refractivity contribution in [2.24, 2.45) is 5.10 Å². The number of rotatable bonds is 8. The molecule has 0 spiro atoms. The van der Waals surface area contributed by atoms with Gasteiger partial charge in [-0.15, -0.1) is 0 Å². The minimum atomic E-state index is -0.0295. The van der Waals surface area contributed by atoms with Gasteiger partial charge in [0.15, 0.2) is 0 Å². The molecule has 0 bridgehead atoms. The SMILES string of the molecule is C=CN(CCN1CCOCC1)/N=C\C(C)Nc1nc(Cl)ncc1Br. The Bertz CT molecular complexity index is 567. The Morgan fingerprint density at radius 3 is 3.04 bits per heavy atom. The zero-order valence-corrected chi connectivity index (χ0v) is 16.0. The Balaban J connectivity index is 1.82. The van der Waals surface area contributed by atoms with Crippen LogP contribution in [-0.4, -0.2) is 71.5 Å². The largest absolute Gasteiger partial charge is 0.379 e. The van der Waals surface area contributed by atoms with Gasteiger partial charge in [-0.25, -0.2) is 4.98 Å². The average Bonchev–Trinajstić information content (AvgIpc) is 2.59. The lowest BCUT2D eigenvalue weighted by atomic mass is 10.3. The van der Waals surface area contributed by atoms with E-state index in [9.17, 15) is 0 Å². The molecule has 1 aliphatic heterocycles. The fourth-order valence-corrected chi connectivity index (χ4v) is 2.59. The maximum atomic E-state index is 5.81. The molecule has 1 fully saturated rings. The van der Waals surface area contributed by atoms with Crippen molar-refractivity contribution >= 4 is 39.6 Å². The van der Waals surface area contributed by atoms with E-state index < -0.39 is 0 Å². The van der Waals surface area contributed by atoms with Crippen molar-refractivity contribution in [3.8, 4) is 0 Å². The molecule has 7 nitrogen and oxygen atoms in total. The van der Waals surface area contributed by atoms with Crippen molar-refractivity contribution in [3.63, 3.8) is 0 Å². The number of aromatic nitrogens is 2. The first-order chi connectivity index (χ1) is 11.6. The van der Waals surface area contributed by atoms with Crippen molar-refractivity contribution in [2.45, 2.75) is 13.0 Å². The number of ether oxygens (including phenoxy) is 1. The van der Waals surface area contributed by atoms with Gasteiger partial charge in [0.1, 0.15) is 5.82 Å². The second kappa shape index (κ2) is 9.93. The van der Waals surface area contributed by atoms with Gasteiger partial charge in [-0.05, 0) is 34.5 Å². The predicted molar refractivity (Wildman–Crippen MR) is 100 cm³/mol. The van der Waals surface area contributed by atoms with Crippen LogP contribution >= 0.6 is 27.5 Å². The standard InChI is InChI=1S/C15H22BrClN6O/c1-3-23(5-4-22-6-8-24-9-7-22)19-10-12(2)20-14-13(16)11-18-15(17)21-14/h3,10-12H,1,4-9H2,2H3,(H,18,20,21)/b19-10-. The van der Waals surface area contributed by atoms with E-state index in [1.807, 2.05) is 18.1 Å². The summed E-state index contributed by atoms with van der Waals surface area (Å²) in [6.07, 6.45) is 5.14. The third-order valence-electron chi connectivity index (χ3n) is 3.48. The molecule has 24 heavy (non-hydrogen) atoms. The second-order valence-electron chi connectivity index (χ2n) is 5.33. The number of halogens is 2. The smallest absolute Gasteiger partial charge is 0.224 e. The first-order valence-electron chi connectivity index (χ1n) is 7.76. The molecule has 1 saturated heterocycles. The molecule has 2 heterocycles. The van der Waals surface area contributed by atoms with Crippen LogP contribution in [0.25, 0.3) is 0 Å². The highest BCUT2D eigenvalue weighted by Crippen LogP contribution is 2.20. The van der Waals surface area contributed by atoms with E-state index in [2.05, 4.69) is 47.8 Å². The number of hydrogen-bond donors (Lipinski definition) is 1. The topological polar surface area (TPSA) is 65.9 Å². The molecule has 2 rings (SSSR count). The summed E-state index contributed by atoms with van der Waals surface area (Å²) < 4.78 is 6.10. The molecule has 9 heteroatoms. The highest BCUT2D eigenvalue weighted by atomic mass is 79.9. The minimum absolute atomic E-state index is 0.0295. The lowest BCUT2D eigenvalue weighted by molar-refractivity contribution is 0.0353.